The van der Waals surface area contributed by atoms with Gasteiger partial charge in [-0.3, -0.25) is 0 Å². The molecule has 0 aromatic rings. The molecule has 4 unspecified atom stereocenters. The Hall–Kier alpha value is -1.18. The maximum absolute atomic E-state index is 4.29. The molecule has 4 atom stereocenters. The zero-order valence-electron chi connectivity index (χ0n) is 16.6. The molecule has 1 N–H and O–H groups in total. The summed E-state index contributed by atoms with van der Waals surface area (Å²) in [6.45, 7) is 17.4. The highest BCUT2D eigenvalue weighted by Crippen LogP contribution is 2.37. The molecule has 2 fully saturated rings. The fourth-order valence-electron chi connectivity index (χ4n) is 4.27. The second-order valence-electron chi connectivity index (χ2n) is 8.36. The average Bonchev–Trinajstić information content (AvgIpc) is 3.32. The standard InChI is InChI=1S/C22H38N2/c1-8-22(15(2)3)24(7)18(6)20-12-9-16(4)21(14-20)23-17(5)13-19-10-11-19/h8,16,18-21,23H,2,5,9-14H2,1,3-4,6-7H3/b22-8-. The number of nitrogens with zero attached hydrogens (tertiary/aromatic N) is 1. The molecule has 0 aliphatic heterocycles. The lowest BCUT2D eigenvalue weighted by Crippen LogP contribution is -2.45. The van der Waals surface area contributed by atoms with Crippen molar-refractivity contribution in [2.45, 2.75) is 78.3 Å². The third-order valence-electron chi connectivity index (χ3n) is 6.24. The van der Waals surface area contributed by atoms with Crippen molar-refractivity contribution >= 4 is 0 Å². The zero-order valence-corrected chi connectivity index (χ0v) is 16.6. The summed E-state index contributed by atoms with van der Waals surface area (Å²) in [5.41, 5.74) is 3.71. The van der Waals surface area contributed by atoms with Crippen LogP contribution in [0.1, 0.15) is 66.2 Å². The van der Waals surface area contributed by atoms with Gasteiger partial charge < -0.3 is 10.2 Å². The van der Waals surface area contributed by atoms with E-state index in [9.17, 15) is 0 Å². The molecule has 0 spiro atoms. The van der Waals surface area contributed by atoms with E-state index in [0.29, 0.717) is 12.1 Å². The minimum absolute atomic E-state index is 0.543. The maximum atomic E-state index is 4.29. The Morgan fingerprint density at radius 2 is 1.92 bits per heavy atom. The summed E-state index contributed by atoms with van der Waals surface area (Å²) < 4.78 is 0. The lowest BCUT2D eigenvalue weighted by molar-refractivity contribution is 0.145. The molecule has 2 saturated carbocycles. The molecular formula is C22H38N2. The van der Waals surface area contributed by atoms with Crippen LogP contribution in [-0.4, -0.2) is 24.0 Å². The van der Waals surface area contributed by atoms with Crippen molar-refractivity contribution < 1.29 is 0 Å². The number of rotatable bonds is 8. The van der Waals surface area contributed by atoms with Crippen LogP contribution in [0, 0.1) is 17.8 Å². The van der Waals surface area contributed by atoms with Crippen molar-refractivity contribution in [1.82, 2.24) is 10.2 Å². The van der Waals surface area contributed by atoms with Crippen molar-refractivity contribution in [2.75, 3.05) is 7.05 Å². The summed E-state index contributed by atoms with van der Waals surface area (Å²) in [5, 5.41) is 3.78. The third kappa shape index (κ3) is 4.91. The van der Waals surface area contributed by atoms with E-state index in [-0.39, 0.29) is 0 Å². The molecule has 0 radical (unpaired) electrons. The molecule has 2 rings (SSSR count). The molecule has 0 aromatic heterocycles. The van der Waals surface area contributed by atoms with E-state index in [1.54, 1.807) is 0 Å². The Morgan fingerprint density at radius 3 is 2.46 bits per heavy atom. The van der Waals surface area contributed by atoms with Crippen molar-refractivity contribution in [1.29, 1.82) is 0 Å². The van der Waals surface area contributed by atoms with Crippen molar-refractivity contribution in [3.05, 3.63) is 36.2 Å². The Bertz CT molecular complexity index is 486. The van der Waals surface area contributed by atoms with Gasteiger partial charge in [-0.05, 0) is 82.6 Å². The first kappa shape index (κ1) is 19.1. The van der Waals surface area contributed by atoms with Gasteiger partial charge >= 0.3 is 0 Å². The monoisotopic (exact) mass is 330 g/mol. The molecule has 0 saturated heterocycles. The minimum atomic E-state index is 0.543. The minimum Gasteiger partial charge on any atom is -0.386 e. The van der Waals surface area contributed by atoms with Crippen LogP contribution in [0.3, 0.4) is 0 Å². The van der Waals surface area contributed by atoms with Crippen molar-refractivity contribution in [3.63, 3.8) is 0 Å². The maximum Gasteiger partial charge on any atom is 0.0346 e. The van der Waals surface area contributed by atoms with Gasteiger partial charge in [-0.25, -0.2) is 0 Å². The molecule has 2 nitrogen and oxygen atoms in total. The number of hydrogen-bond donors (Lipinski definition) is 1. The fraction of sp³-hybridized carbons (Fsp3) is 0.727. The smallest absolute Gasteiger partial charge is 0.0346 e. The molecule has 0 amide bonds. The first-order valence-electron chi connectivity index (χ1n) is 9.82. The Morgan fingerprint density at radius 1 is 1.25 bits per heavy atom. The molecular weight excluding hydrogens is 292 g/mol. The van der Waals surface area contributed by atoms with E-state index in [1.807, 2.05) is 0 Å². The van der Waals surface area contributed by atoms with Gasteiger partial charge in [0.15, 0.2) is 0 Å². The van der Waals surface area contributed by atoms with E-state index in [2.05, 4.69) is 64.2 Å². The first-order chi connectivity index (χ1) is 11.3. The molecule has 2 heteroatoms. The van der Waals surface area contributed by atoms with Crippen LogP contribution < -0.4 is 5.32 Å². The number of allylic oxidation sites excluding steroid dienone is 3. The molecule has 0 aromatic carbocycles. The first-order valence-corrected chi connectivity index (χ1v) is 9.82. The molecule has 0 heterocycles. The normalized spacial score (nSPS) is 29.0. The van der Waals surface area contributed by atoms with E-state index in [4.69, 9.17) is 0 Å². The second-order valence-corrected chi connectivity index (χ2v) is 8.36. The van der Waals surface area contributed by atoms with Gasteiger partial charge in [0.25, 0.3) is 0 Å². The predicted molar refractivity (Wildman–Crippen MR) is 106 cm³/mol. The highest BCUT2D eigenvalue weighted by molar-refractivity contribution is 5.24. The molecule has 0 bridgehead atoms. The summed E-state index contributed by atoms with van der Waals surface area (Å²) in [7, 11) is 2.22. The lowest BCUT2D eigenvalue weighted by Gasteiger charge is -2.42. The zero-order chi connectivity index (χ0) is 17.9. The van der Waals surface area contributed by atoms with E-state index < -0.39 is 0 Å². The van der Waals surface area contributed by atoms with E-state index in [1.165, 1.54) is 49.9 Å². The lowest BCUT2D eigenvalue weighted by atomic mass is 9.75. The number of likely N-dealkylation sites (N-methyl/N-ethyl adjacent to an activating group) is 1. The average molecular weight is 331 g/mol. The highest BCUT2D eigenvalue weighted by atomic mass is 15.1. The van der Waals surface area contributed by atoms with Gasteiger partial charge in [-0.1, -0.05) is 26.2 Å². The van der Waals surface area contributed by atoms with Gasteiger partial charge in [0.05, 0.1) is 0 Å². The summed E-state index contributed by atoms with van der Waals surface area (Å²) in [4.78, 5) is 2.43. The van der Waals surface area contributed by atoms with Gasteiger partial charge in [0, 0.05) is 30.5 Å². The van der Waals surface area contributed by atoms with Gasteiger partial charge in [0.1, 0.15) is 0 Å². The van der Waals surface area contributed by atoms with Crippen LogP contribution in [0.5, 0.6) is 0 Å². The topological polar surface area (TPSA) is 15.3 Å². The van der Waals surface area contributed by atoms with Crippen LogP contribution in [0.25, 0.3) is 0 Å². The summed E-state index contributed by atoms with van der Waals surface area (Å²) >= 11 is 0. The van der Waals surface area contributed by atoms with Crippen LogP contribution in [0.2, 0.25) is 0 Å². The molecule has 24 heavy (non-hydrogen) atoms. The van der Waals surface area contributed by atoms with Crippen LogP contribution in [0.15, 0.2) is 36.2 Å². The van der Waals surface area contributed by atoms with Crippen molar-refractivity contribution in [3.8, 4) is 0 Å². The van der Waals surface area contributed by atoms with Crippen molar-refractivity contribution in [2.24, 2.45) is 17.8 Å². The van der Waals surface area contributed by atoms with Gasteiger partial charge in [0.2, 0.25) is 0 Å². The summed E-state index contributed by atoms with van der Waals surface area (Å²) in [5.74, 6) is 2.39. The molecule has 2 aliphatic rings. The Balaban J connectivity index is 1.95. The molecule has 136 valence electrons. The van der Waals surface area contributed by atoms with E-state index >= 15 is 0 Å². The largest absolute Gasteiger partial charge is 0.386 e. The Labute approximate surface area is 150 Å². The summed E-state index contributed by atoms with van der Waals surface area (Å²) in [6.07, 6.45) is 10.1. The quantitative estimate of drug-likeness (QED) is 0.592. The number of hydrogen-bond acceptors (Lipinski definition) is 2. The van der Waals surface area contributed by atoms with E-state index in [0.717, 1.165) is 23.3 Å². The van der Waals surface area contributed by atoms with Crippen LogP contribution in [-0.2, 0) is 0 Å². The summed E-state index contributed by atoms with van der Waals surface area (Å²) in [6, 6.07) is 1.13. The Kier molecular flexibility index (Phi) is 6.60. The van der Waals surface area contributed by atoms with Crippen LogP contribution in [0.4, 0.5) is 0 Å². The molecule has 2 aliphatic carbocycles. The fourth-order valence-corrected chi connectivity index (χ4v) is 4.27. The van der Waals surface area contributed by atoms with Gasteiger partial charge in [-0.2, -0.15) is 0 Å². The second kappa shape index (κ2) is 8.27. The highest BCUT2D eigenvalue weighted by Gasteiger charge is 2.33. The third-order valence-corrected chi connectivity index (χ3v) is 6.24. The van der Waals surface area contributed by atoms with Gasteiger partial charge in [-0.15, -0.1) is 0 Å². The van der Waals surface area contributed by atoms with Crippen LogP contribution >= 0.6 is 0 Å². The predicted octanol–water partition coefficient (Wildman–Crippen LogP) is 5.49. The SMILES string of the molecule is C=C(CC1CC1)NC1CC(C(C)N(C)/C(=C\C)C(=C)C)CCC1C. The number of nitrogens with one attached hydrogen (secondary N) is 1.